The van der Waals surface area contributed by atoms with Gasteiger partial charge in [-0.25, -0.2) is 0 Å². The summed E-state index contributed by atoms with van der Waals surface area (Å²) in [7, 11) is 1.91. The van der Waals surface area contributed by atoms with E-state index in [0.29, 0.717) is 0 Å². The Kier molecular flexibility index (Phi) is 4.78. The molecule has 98 valence electrons. The van der Waals surface area contributed by atoms with Crippen LogP contribution in [0.3, 0.4) is 0 Å². The van der Waals surface area contributed by atoms with Crippen LogP contribution in [0.25, 0.3) is 0 Å². The lowest BCUT2D eigenvalue weighted by Crippen LogP contribution is -2.41. The number of hydrogen-bond acceptors (Lipinski definition) is 3. The lowest BCUT2D eigenvalue weighted by Gasteiger charge is -2.26. The van der Waals surface area contributed by atoms with Crippen molar-refractivity contribution in [3.63, 3.8) is 0 Å². The van der Waals surface area contributed by atoms with Gasteiger partial charge in [-0.15, -0.1) is 0 Å². The first-order valence-corrected chi connectivity index (χ1v) is 7.23. The second-order valence-corrected chi connectivity index (χ2v) is 5.78. The summed E-state index contributed by atoms with van der Waals surface area (Å²) in [6.45, 7) is 0. The molecule has 0 aromatic heterocycles. The Morgan fingerprint density at radius 2 is 2.11 bits per heavy atom. The molecule has 0 bridgehead atoms. The lowest BCUT2D eigenvalue weighted by molar-refractivity contribution is 0.0723. The van der Waals surface area contributed by atoms with E-state index in [2.05, 4.69) is 45.3 Å². The Labute approximate surface area is 117 Å². The van der Waals surface area contributed by atoms with Gasteiger partial charge in [-0.05, 0) is 24.8 Å². The van der Waals surface area contributed by atoms with Gasteiger partial charge in [0.25, 0.3) is 0 Å². The highest BCUT2D eigenvalue weighted by Crippen LogP contribution is 2.22. The van der Waals surface area contributed by atoms with E-state index in [1.54, 1.807) is 0 Å². The Morgan fingerprint density at radius 1 is 1.39 bits per heavy atom. The van der Waals surface area contributed by atoms with E-state index in [1.165, 1.54) is 5.56 Å². The van der Waals surface area contributed by atoms with E-state index < -0.39 is 0 Å². The molecule has 0 radical (unpaired) electrons. The Balaban J connectivity index is 1.77. The quantitative estimate of drug-likeness (QED) is 0.848. The zero-order valence-corrected chi connectivity index (χ0v) is 12.1. The van der Waals surface area contributed by atoms with E-state index in [1.807, 2.05) is 24.3 Å². The summed E-state index contributed by atoms with van der Waals surface area (Å²) in [5.41, 5.74) is 1.33. The van der Waals surface area contributed by atoms with Crippen LogP contribution in [0, 0.1) is 0 Å². The fourth-order valence-electron chi connectivity index (χ4n) is 2.33. The number of nitrogens with zero attached hydrogens (tertiary/aromatic N) is 2. The van der Waals surface area contributed by atoms with Crippen molar-refractivity contribution in [3.05, 3.63) is 35.9 Å². The van der Waals surface area contributed by atoms with E-state index in [4.69, 9.17) is 0 Å². The van der Waals surface area contributed by atoms with Crippen molar-refractivity contribution >= 4 is 22.1 Å². The number of aryl methyl sites for hydroxylation is 1. The zero-order chi connectivity index (χ0) is 13.0. The molecule has 18 heavy (non-hydrogen) atoms. The predicted molar refractivity (Wildman–Crippen MR) is 78.1 cm³/mol. The van der Waals surface area contributed by atoms with Crippen LogP contribution in [-0.4, -0.2) is 40.4 Å². The molecule has 3 unspecified atom stereocenters. The second kappa shape index (κ2) is 6.34. The minimum Gasteiger partial charge on any atom is -0.391 e. The standard InChI is InChI=1S/C14H19BrN2O/c1-17-14(12(15)10-16-17)13(18)9-5-8-11-6-3-2-4-7-11/h2-4,6-7,10,12-14,18H,5,8-9H2,1H3. The summed E-state index contributed by atoms with van der Waals surface area (Å²) < 4.78 is 0. The number of aliphatic hydroxyl groups excluding tert-OH is 1. The van der Waals surface area contributed by atoms with Crippen LogP contribution < -0.4 is 0 Å². The zero-order valence-electron chi connectivity index (χ0n) is 10.5. The number of alkyl halides is 1. The summed E-state index contributed by atoms with van der Waals surface area (Å²) in [5, 5.41) is 16.2. The maximum absolute atomic E-state index is 10.2. The lowest BCUT2D eigenvalue weighted by atomic mass is 10.0. The molecule has 1 aliphatic rings. The van der Waals surface area contributed by atoms with Gasteiger partial charge in [0, 0.05) is 13.3 Å². The van der Waals surface area contributed by atoms with Crippen molar-refractivity contribution in [2.75, 3.05) is 7.05 Å². The second-order valence-electron chi connectivity index (χ2n) is 4.72. The summed E-state index contributed by atoms with van der Waals surface area (Å²) in [6, 6.07) is 10.5. The summed E-state index contributed by atoms with van der Waals surface area (Å²) in [6.07, 6.45) is 4.31. The van der Waals surface area contributed by atoms with Gasteiger partial charge in [0.05, 0.1) is 17.0 Å². The molecule has 1 N–H and O–H groups in total. The number of hydrogen-bond donors (Lipinski definition) is 1. The topological polar surface area (TPSA) is 35.8 Å². The molecule has 2 rings (SSSR count). The highest BCUT2D eigenvalue weighted by atomic mass is 79.9. The molecule has 4 heteroatoms. The van der Waals surface area contributed by atoms with Gasteiger partial charge in [-0.3, -0.25) is 5.01 Å². The molecule has 0 saturated carbocycles. The molecule has 0 aliphatic carbocycles. The average molecular weight is 311 g/mol. The maximum Gasteiger partial charge on any atom is 0.0901 e. The Morgan fingerprint density at radius 3 is 2.72 bits per heavy atom. The van der Waals surface area contributed by atoms with Gasteiger partial charge >= 0.3 is 0 Å². The summed E-state index contributed by atoms with van der Waals surface area (Å²) in [5.74, 6) is 0. The molecule has 3 atom stereocenters. The molecule has 1 heterocycles. The first-order valence-electron chi connectivity index (χ1n) is 6.31. The Bertz CT molecular complexity index is 384. The Hall–Kier alpha value is -0.870. The minimum atomic E-state index is -0.342. The molecule has 1 aromatic rings. The molecule has 1 aromatic carbocycles. The number of halogens is 1. The third kappa shape index (κ3) is 3.33. The monoisotopic (exact) mass is 310 g/mol. The molecule has 0 amide bonds. The van der Waals surface area contributed by atoms with Crippen molar-refractivity contribution in [1.29, 1.82) is 0 Å². The fraction of sp³-hybridized carbons (Fsp3) is 0.500. The van der Waals surface area contributed by atoms with Gasteiger partial charge in [0.1, 0.15) is 0 Å². The van der Waals surface area contributed by atoms with Gasteiger partial charge in [0.15, 0.2) is 0 Å². The molecule has 1 aliphatic heterocycles. The van der Waals surface area contributed by atoms with Crippen LogP contribution in [0.5, 0.6) is 0 Å². The molecular weight excluding hydrogens is 292 g/mol. The first kappa shape index (κ1) is 13.6. The number of rotatable bonds is 5. The van der Waals surface area contributed by atoms with Crippen molar-refractivity contribution in [2.45, 2.75) is 36.2 Å². The van der Waals surface area contributed by atoms with Gasteiger partial charge in [-0.1, -0.05) is 46.3 Å². The fourth-order valence-corrected chi connectivity index (χ4v) is 3.13. The van der Waals surface area contributed by atoms with Crippen LogP contribution in [0.2, 0.25) is 0 Å². The smallest absolute Gasteiger partial charge is 0.0901 e. The molecule has 0 saturated heterocycles. The first-order chi connectivity index (χ1) is 8.68. The van der Waals surface area contributed by atoms with E-state index in [9.17, 15) is 5.11 Å². The number of hydrazone groups is 1. The van der Waals surface area contributed by atoms with Crippen molar-refractivity contribution < 1.29 is 5.11 Å². The molecular formula is C14H19BrN2O. The third-order valence-electron chi connectivity index (χ3n) is 3.35. The van der Waals surface area contributed by atoms with E-state index >= 15 is 0 Å². The van der Waals surface area contributed by atoms with Crippen LogP contribution in [0.1, 0.15) is 18.4 Å². The normalized spacial score (nSPS) is 24.5. The largest absolute Gasteiger partial charge is 0.391 e. The third-order valence-corrected chi connectivity index (χ3v) is 4.13. The molecule has 0 fully saturated rings. The molecule has 0 spiro atoms. The van der Waals surface area contributed by atoms with Crippen molar-refractivity contribution in [2.24, 2.45) is 5.10 Å². The van der Waals surface area contributed by atoms with Gasteiger partial charge in [-0.2, -0.15) is 5.10 Å². The summed E-state index contributed by atoms with van der Waals surface area (Å²) in [4.78, 5) is 0.147. The number of aliphatic hydroxyl groups is 1. The van der Waals surface area contributed by atoms with E-state index in [0.717, 1.165) is 19.3 Å². The summed E-state index contributed by atoms with van der Waals surface area (Å²) >= 11 is 3.53. The number of likely N-dealkylation sites (N-methyl/N-ethyl adjacent to an activating group) is 1. The van der Waals surface area contributed by atoms with Crippen LogP contribution in [-0.2, 0) is 6.42 Å². The highest BCUT2D eigenvalue weighted by molar-refractivity contribution is 9.10. The highest BCUT2D eigenvalue weighted by Gasteiger charge is 2.32. The van der Waals surface area contributed by atoms with Gasteiger partial charge in [0.2, 0.25) is 0 Å². The predicted octanol–water partition coefficient (Wildman–Crippen LogP) is 2.43. The van der Waals surface area contributed by atoms with Gasteiger partial charge < -0.3 is 5.11 Å². The van der Waals surface area contributed by atoms with Crippen LogP contribution in [0.4, 0.5) is 0 Å². The van der Waals surface area contributed by atoms with Crippen LogP contribution in [0.15, 0.2) is 35.4 Å². The SMILES string of the molecule is CN1N=CC(Br)C1C(O)CCCc1ccccc1. The van der Waals surface area contributed by atoms with Crippen LogP contribution >= 0.6 is 15.9 Å². The van der Waals surface area contributed by atoms with Crippen molar-refractivity contribution in [1.82, 2.24) is 5.01 Å². The number of benzene rings is 1. The minimum absolute atomic E-state index is 0.0563. The van der Waals surface area contributed by atoms with E-state index in [-0.39, 0.29) is 17.0 Å². The maximum atomic E-state index is 10.2. The average Bonchev–Trinajstić information content (AvgIpc) is 2.70. The van der Waals surface area contributed by atoms with Crippen molar-refractivity contribution in [3.8, 4) is 0 Å². The molecule has 3 nitrogen and oxygen atoms in total.